The van der Waals surface area contributed by atoms with Crippen molar-refractivity contribution in [2.45, 2.75) is 51.0 Å². The molecule has 3 heterocycles. The standard InChI is InChI=1S/C17H23N5O/c23-17(13-5-2-1-3-6-13)21-11-8-14(9-12-21)22-16-15(19-20-22)7-4-10-18-16/h4,7,10,13-14H,1-3,5-6,8-9,11-12H2. The van der Waals surface area contributed by atoms with E-state index >= 15 is 0 Å². The van der Waals surface area contributed by atoms with Crippen LogP contribution in [0.3, 0.4) is 0 Å². The maximum atomic E-state index is 12.6. The molecule has 122 valence electrons. The Bertz CT molecular complexity index is 683. The van der Waals surface area contributed by atoms with Crippen molar-refractivity contribution in [2.75, 3.05) is 13.1 Å². The van der Waals surface area contributed by atoms with Crippen LogP contribution in [0.5, 0.6) is 0 Å². The minimum absolute atomic E-state index is 0.272. The van der Waals surface area contributed by atoms with E-state index in [2.05, 4.69) is 20.2 Å². The lowest BCUT2D eigenvalue weighted by Crippen LogP contribution is -2.42. The number of piperidine rings is 1. The van der Waals surface area contributed by atoms with Crippen LogP contribution in [0.1, 0.15) is 51.0 Å². The minimum atomic E-state index is 0.272. The van der Waals surface area contributed by atoms with Crippen molar-refractivity contribution in [1.29, 1.82) is 0 Å². The number of pyridine rings is 1. The third-order valence-corrected chi connectivity index (χ3v) is 5.31. The molecule has 6 heteroatoms. The quantitative estimate of drug-likeness (QED) is 0.855. The van der Waals surface area contributed by atoms with E-state index in [9.17, 15) is 4.79 Å². The highest BCUT2D eigenvalue weighted by Gasteiger charge is 2.30. The van der Waals surface area contributed by atoms with Gasteiger partial charge in [-0.1, -0.05) is 24.5 Å². The second-order valence-corrected chi connectivity index (χ2v) is 6.77. The van der Waals surface area contributed by atoms with Gasteiger partial charge < -0.3 is 4.90 Å². The van der Waals surface area contributed by atoms with Gasteiger partial charge in [0.15, 0.2) is 5.65 Å². The first-order valence-corrected chi connectivity index (χ1v) is 8.77. The largest absolute Gasteiger partial charge is 0.342 e. The molecule has 0 N–H and O–H groups in total. The van der Waals surface area contributed by atoms with Gasteiger partial charge in [-0.25, -0.2) is 9.67 Å². The molecule has 1 aliphatic carbocycles. The van der Waals surface area contributed by atoms with Crippen molar-refractivity contribution in [2.24, 2.45) is 5.92 Å². The third kappa shape index (κ3) is 2.82. The summed E-state index contributed by atoms with van der Waals surface area (Å²) in [6.45, 7) is 1.66. The molecular weight excluding hydrogens is 290 g/mol. The fourth-order valence-electron chi connectivity index (χ4n) is 3.97. The van der Waals surface area contributed by atoms with Crippen LogP contribution < -0.4 is 0 Å². The predicted octanol–water partition coefficient (Wildman–Crippen LogP) is 2.57. The molecule has 2 fully saturated rings. The lowest BCUT2D eigenvalue weighted by atomic mass is 9.87. The number of carbonyl (C=O) groups is 1. The lowest BCUT2D eigenvalue weighted by molar-refractivity contribution is -0.137. The predicted molar refractivity (Wildman–Crippen MR) is 86.7 cm³/mol. The monoisotopic (exact) mass is 313 g/mol. The third-order valence-electron chi connectivity index (χ3n) is 5.31. The van der Waals surface area contributed by atoms with E-state index in [1.54, 1.807) is 6.20 Å². The first-order valence-electron chi connectivity index (χ1n) is 8.77. The Morgan fingerprint density at radius 2 is 1.87 bits per heavy atom. The van der Waals surface area contributed by atoms with E-state index in [-0.39, 0.29) is 5.92 Å². The average Bonchev–Trinajstić information content (AvgIpc) is 3.06. The van der Waals surface area contributed by atoms with Gasteiger partial charge in [-0.15, -0.1) is 5.10 Å². The van der Waals surface area contributed by atoms with Crippen LogP contribution in [-0.4, -0.2) is 43.9 Å². The zero-order valence-electron chi connectivity index (χ0n) is 13.4. The smallest absolute Gasteiger partial charge is 0.225 e. The number of nitrogens with zero attached hydrogens (tertiary/aromatic N) is 5. The summed E-state index contributed by atoms with van der Waals surface area (Å²) < 4.78 is 1.94. The van der Waals surface area contributed by atoms with Crippen LogP contribution in [0.2, 0.25) is 0 Å². The second-order valence-electron chi connectivity index (χ2n) is 6.77. The van der Waals surface area contributed by atoms with Gasteiger partial charge in [0, 0.05) is 25.2 Å². The van der Waals surface area contributed by atoms with E-state index in [0.717, 1.165) is 49.9 Å². The van der Waals surface area contributed by atoms with Gasteiger partial charge >= 0.3 is 0 Å². The van der Waals surface area contributed by atoms with Crippen molar-refractivity contribution in [1.82, 2.24) is 24.9 Å². The Kier molecular flexibility index (Phi) is 3.97. The summed E-state index contributed by atoms with van der Waals surface area (Å²) in [6, 6.07) is 4.12. The minimum Gasteiger partial charge on any atom is -0.342 e. The van der Waals surface area contributed by atoms with Crippen molar-refractivity contribution in [3.8, 4) is 0 Å². The number of amides is 1. The molecule has 1 aliphatic heterocycles. The summed E-state index contributed by atoms with van der Waals surface area (Å²) in [5.41, 5.74) is 1.69. The summed E-state index contributed by atoms with van der Waals surface area (Å²) in [5.74, 6) is 0.652. The number of carbonyl (C=O) groups excluding carboxylic acids is 1. The van der Waals surface area contributed by atoms with Gasteiger partial charge in [0.1, 0.15) is 5.52 Å². The Labute approximate surface area is 135 Å². The SMILES string of the molecule is O=C(C1CCCCC1)N1CCC(n2nnc3cccnc32)CC1. The molecule has 0 bridgehead atoms. The van der Waals surface area contributed by atoms with Gasteiger partial charge in [0.05, 0.1) is 6.04 Å². The molecule has 1 amide bonds. The van der Waals surface area contributed by atoms with Gasteiger partial charge in [-0.2, -0.15) is 0 Å². The number of likely N-dealkylation sites (tertiary alicyclic amines) is 1. The van der Waals surface area contributed by atoms with Crippen LogP contribution in [0.4, 0.5) is 0 Å². The molecule has 1 saturated heterocycles. The van der Waals surface area contributed by atoms with Crippen molar-refractivity contribution >= 4 is 17.1 Å². The highest BCUT2D eigenvalue weighted by Crippen LogP contribution is 2.29. The maximum absolute atomic E-state index is 12.6. The van der Waals surface area contributed by atoms with Crippen LogP contribution in [-0.2, 0) is 4.79 Å². The number of aromatic nitrogens is 4. The van der Waals surface area contributed by atoms with Gasteiger partial charge in [0.2, 0.25) is 5.91 Å². The molecule has 0 unspecified atom stereocenters. The summed E-state index contributed by atoms with van der Waals surface area (Å²) in [5, 5.41) is 8.47. The molecule has 23 heavy (non-hydrogen) atoms. The van der Waals surface area contributed by atoms with E-state index in [1.807, 2.05) is 16.8 Å². The zero-order chi connectivity index (χ0) is 15.6. The topological polar surface area (TPSA) is 63.9 Å². The summed E-state index contributed by atoms with van der Waals surface area (Å²) in [7, 11) is 0. The number of fused-ring (bicyclic) bond motifs is 1. The van der Waals surface area contributed by atoms with Crippen molar-refractivity contribution in [3.05, 3.63) is 18.3 Å². The van der Waals surface area contributed by atoms with Crippen molar-refractivity contribution in [3.63, 3.8) is 0 Å². The molecule has 0 radical (unpaired) electrons. The summed E-state index contributed by atoms with van der Waals surface area (Å²) in [4.78, 5) is 19.1. The molecule has 4 rings (SSSR count). The molecule has 6 nitrogen and oxygen atoms in total. The fourth-order valence-corrected chi connectivity index (χ4v) is 3.97. The van der Waals surface area contributed by atoms with Gasteiger partial charge in [-0.05, 0) is 37.8 Å². The summed E-state index contributed by atoms with van der Waals surface area (Å²) in [6.07, 6.45) is 9.53. The highest BCUT2D eigenvalue weighted by molar-refractivity contribution is 5.79. The Morgan fingerprint density at radius 3 is 2.65 bits per heavy atom. The zero-order valence-corrected chi connectivity index (χ0v) is 13.4. The highest BCUT2D eigenvalue weighted by atomic mass is 16.2. The molecule has 1 saturated carbocycles. The molecule has 2 aromatic rings. The fraction of sp³-hybridized carbons (Fsp3) is 0.647. The van der Waals surface area contributed by atoms with Gasteiger partial charge in [-0.3, -0.25) is 4.79 Å². The Hall–Kier alpha value is -1.98. The van der Waals surface area contributed by atoms with Crippen LogP contribution in [0, 0.1) is 5.92 Å². The molecule has 0 aromatic carbocycles. The van der Waals surface area contributed by atoms with Crippen LogP contribution >= 0.6 is 0 Å². The molecule has 2 aliphatic rings. The number of hydrogen-bond acceptors (Lipinski definition) is 4. The number of rotatable bonds is 2. The average molecular weight is 313 g/mol. The van der Waals surface area contributed by atoms with Crippen LogP contribution in [0.25, 0.3) is 11.2 Å². The molecule has 0 spiro atoms. The van der Waals surface area contributed by atoms with E-state index in [1.165, 1.54) is 19.3 Å². The number of hydrogen-bond donors (Lipinski definition) is 0. The maximum Gasteiger partial charge on any atom is 0.225 e. The Morgan fingerprint density at radius 1 is 1.09 bits per heavy atom. The molecule has 0 atom stereocenters. The van der Waals surface area contributed by atoms with E-state index in [4.69, 9.17) is 0 Å². The summed E-state index contributed by atoms with van der Waals surface area (Å²) >= 11 is 0. The first kappa shape index (κ1) is 14.6. The van der Waals surface area contributed by atoms with E-state index in [0.29, 0.717) is 11.9 Å². The van der Waals surface area contributed by atoms with Crippen LogP contribution in [0.15, 0.2) is 18.3 Å². The van der Waals surface area contributed by atoms with E-state index < -0.39 is 0 Å². The molecule has 2 aromatic heterocycles. The first-order chi connectivity index (χ1) is 11.3. The lowest BCUT2D eigenvalue weighted by Gasteiger charge is -2.35. The normalized spacial score (nSPS) is 21.0. The van der Waals surface area contributed by atoms with Gasteiger partial charge in [0.25, 0.3) is 0 Å². The second kappa shape index (κ2) is 6.26. The molecular formula is C17H23N5O. The Balaban J connectivity index is 1.41. The van der Waals surface area contributed by atoms with Crippen molar-refractivity contribution < 1.29 is 4.79 Å².